The van der Waals surface area contributed by atoms with E-state index in [0.717, 1.165) is 61.9 Å². The SMILES string of the molecule is CC(C)(C)c1cc(-c2ccc3c(c2)B2c4cc(-c5cc(C(C)(C)C)cc(C(C)(C)C)c5)ccc4N(c4c(-c5ccccc5)cccc4-c4ccccc4)c4cc(-c5ccccc5)cc(c42)O3)cc(C(C)(C)C)c1. The summed E-state index contributed by atoms with van der Waals surface area (Å²) >= 11 is 0. The molecule has 0 spiro atoms. The molecule has 0 saturated heterocycles. The molecule has 2 aliphatic rings. The highest BCUT2D eigenvalue weighted by atomic mass is 16.5. The minimum Gasteiger partial charge on any atom is -0.458 e. The largest absolute Gasteiger partial charge is 0.458 e. The molecule has 2 nitrogen and oxygen atoms in total. The highest BCUT2D eigenvalue weighted by Gasteiger charge is 2.44. The zero-order valence-corrected chi connectivity index (χ0v) is 44.9. The number of anilines is 3. The van der Waals surface area contributed by atoms with Crippen LogP contribution in [0.15, 0.2) is 194 Å². The molecule has 9 aromatic rings. The second kappa shape index (κ2) is 17.7. The molecule has 0 bridgehead atoms. The molecule has 0 atom stereocenters. The number of para-hydroxylation sites is 1. The third-order valence-electron chi connectivity index (χ3n) is 15.3. The van der Waals surface area contributed by atoms with Crippen molar-refractivity contribution in [2.75, 3.05) is 4.90 Å². The minimum absolute atomic E-state index is 0.0222. The Morgan fingerprint density at radius 3 is 1.21 bits per heavy atom. The summed E-state index contributed by atoms with van der Waals surface area (Å²) in [5.41, 5.74) is 24.0. The predicted octanol–water partition coefficient (Wildman–Crippen LogP) is 17.6. The van der Waals surface area contributed by atoms with Gasteiger partial charge < -0.3 is 9.64 Å². The van der Waals surface area contributed by atoms with Crippen LogP contribution in [-0.2, 0) is 21.7 Å². The van der Waals surface area contributed by atoms with Gasteiger partial charge in [0, 0.05) is 22.5 Å². The van der Waals surface area contributed by atoms with Gasteiger partial charge in [-0.05, 0) is 129 Å². The molecule has 0 aliphatic carbocycles. The van der Waals surface area contributed by atoms with Gasteiger partial charge in [-0.25, -0.2) is 0 Å². The van der Waals surface area contributed by atoms with E-state index >= 15 is 0 Å². The number of ether oxygens (including phenoxy) is 1. The van der Waals surface area contributed by atoms with Crippen molar-refractivity contribution in [1.29, 1.82) is 0 Å². The van der Waals surface area contributed by atoms with Gasteiger partial charge in [0.1, 0.15) is 11.5 Å². The molecule has 0 aromatic heterocycles. The monoisotopic (exact) mass is 950 g/mol. The summed E-state index contributed by atoms with van der Waals surface area (Å²) in [6.45, 7) is 27.8. The maximum absolute atomic E-state index is 7.36. The summed E-state index contributed by atoms with van der Waals surface area (Å²) in [5, 5.41) is 0. The number of nitrogens with zero attached hydrogens (tertiary/aromatic N) is 1. The van der Waals surface area contributed by atoms with E-state index in [1.54, 1.807) is 0 Å². The van der Waals surface area contributed by atoms with Crippen LogP contribution in [0.4, 0.5) is 17.1 Å². The van der Waals surface area contributed by atoms with Gasteiger partial charge in [0.15, 0.2) is 0 Å². The number of rotatable bonds is 6. The van der Waals surface area contributed by atoms with Gasteiger partial charge in [-0.1, -0.05) is 253 Å². The molecule has 362 valence electrons. The topological polar surface area (TPSA) is 12.5 Å². The van der Waals surface area contributed by atoms with Crippen LogP contribution < -0.4 is 26.0 Å². The van der Waals surface area contributed by atoms with E-state index in [2.05, 4.69) is 282 Å². The Bertz CT molecular complexity index is 3440. The van der Waals surface area contributed by atoms with Crippen molar-refractivity contribution in [3.63, 3.8) is 0 Å². The average Bonchev–Trinajstić information content (AvgIpc) is 3.37. The number of hydrogen-bond acceptors (Lipinski definition) is 2. The van der Waals surface area contributed by atoms with Crippen molar-refractivity contribution >= 4 is 40.2 Å². The molecule has 0 radical (unpaired) electrons. The lowest BCUT2D eigenvalue weighted by Crippen LogP contribution is -2.59. The normalized spacial score (nSPS) is 13.3. The molecule has 0 fully saturated rings. The van der Waals surface area contributed by atoms with Gasteiger partial charge in [-0.15, -0.1) is 0 Å². The fraction of sp³-hybridized carbons (Fsp3) is 0.229. The van der Waals surface area contributed by atoms with E-state index in [-0.39, 0.29) is 28.4 Å². The Hall–Kier alpha value is -7.36. The lowest BCUT2D eigenvalue weighted by Gasteiger charge is -2.42. The first-order valence-corrected chi connectivity index (χ1v) is 26.3. The molecule has 11 rings (SSSR count). The van der Waals surface area contributed by atoms with Crippen LogP contribution in [0, 0.1) is 0 Å². The van der Waals surface area contributed by atoms with Crippen molar-refractivity contribution < 1.29 is 4.74 Å². The Morgan fingerprint density at radius 1 is 0.315 bits per heavy atom. The minimum atomic E-state index is -0.144. The van der Waals surface area contributed by atoms with E-state index < -0.39 is 0 Å². The summed E-state index contributed by atoms with van der Waals surface area (Å²) < 4.78 is 7.36. The predicted molar refractivity (Wildman–Crippen MR) is 314 cm³/mol. The van der Waals surface area contributed by atoms with Crippen LogP contribution in [0.2, 0.25) is 0 Å². The third kappa shape index (κ3) is 8.92. The zero-order chi connectivity index (χ0) is 51.2. The van der Waals surface area contributed by atoms with Crippen LogP contribution in [0.1, 0.15) is 105 Å². The maximum Gasteiger partial charge on any atom is 0.256 e. The van der Waals surface area contributed by atoms with Gasteiger partial charge in [0.25, 0.3) is 6.71 Å². The first-order valence-electron chi connectivity index (χ1n) is 26.3. The Labute approximate surface area is 435 Å². The van der Waals surface area contributed by atoms with Gasteiger partial charge in [0.05, 0.1) is 5.69 Å². The lowest BCUT2D eigenvalue weighted by molar-refractivity contribution is 0.488. The van der Waals surface area contributed by atoms with Crippen LogP contribution >= 0.6 is 0 Å². The van der Waals surface area contributed by atoms with E-state index in [1.807, 2.05) is 0 Å². The molecule has 0 saturated carbocycles. The van der Waals surface area contributed by atoms with Gasteiger partial charge in [-0.3, -0.25) is 0 Å². The first-order chi connectivity index (χ1) is 34.7. The Balaban J connectivity index is 1.25. The van der Waals surface area contributed by atoms with Gasteiger partial charge >= 0.3 is 0 Å². The summed E-state index contributed by atoms with van der Waals surface area (Å²) in [7, 11) is 0. The molecule has 73 heavy (non-hydrogen) atoms. The second-order valence-corrected chi connectivity index (χ2v) is 24.7. The molecule has 2 aliphatic heterocycles. The summed E-state index contributed by atoms with van der Waals surface area (Å²) in [6, 6.07) is 73.0. The van der Waals surface area contributed by atoms with Crippen LogP contribution in [0.5, 0.6) is 11.5 Å². The van der Waals surface area contributed by atoms with Gasteiger partial charge in [-0.2, -0.15) is 0 Å². The molecule has 0 N–H and O–H groups in total. The third-order valence-corrected chi connectivity index (χ3v) is 15.3. The molecule has 3 heteroatoms. The molecule has 9 aromatic carbocycles. The molecule has 0 unspecified atom stereocenters. The van der Waals surface area contributed by atoms with E-state index in [0.29, 0.717) is 0 Å². The fourth-order valence-electron chi connectivity index (χ4n) is 11.0. The van der Waals surface area contributed by atoms with Crippen molar-refractivity contribution in [1.82, 2.24) is 0 Å². The fourth-order valence-corrected chi connectivity index (χ4v) is 11.0. The molecular formula is C70H68BNO. The summed E-state index contributed by atoms with van der Waals surface area (Å²) in [4.78, 5) is 2.58. The van der Waals surface area contributed by atoms with Crippen molar-refractivity contribution in [2.24, 2.45) is 0 Å². The van der Waals surface area contributed by atoms with Crippen LogP contribution in [0.3, 0.4) is 0 Å². The van der Waals surface area contributed by atoms with E-state index in [1.165, 1.54) is 60.9 Å². The highest BCUT2D eigenvalue weighted by molar-refractivity contribution is 6.99. The van der Waals surface area contributed by atoms with Gasteiger partial charge in [0.2, 0.25) is 0 Å². The number of hydrogen-bond donors (Lipinski definition) is 0. The number of fused-ring (bicyclic) bond motifs is 4. The number of benzene rings is 9. The lowest BCUT2D eigenvalue weighted by atomic mass is 9.34. The molecule has 2 heterocycles. The van der Waals surface area contributed by atoms with Crippen LogP contribution in [-0.4, -0.2) is 6.71 Å². The van der Waals surface area contributed by atoms with Crippen molar-refractivity contribution in [3.05, 3.63) is 216 Å². The Morgan fingerprint density at radius 2 is 0.740 bits per heavy atom. The van der Waals surface area contributed by atoms with Crippen molar-refractivity contribution in [3.8, 4) is 67.1 Å². The van der Waals surface area contributed by atoms with E-state index in [9.17, 15) is 0 Å². The molecule has 0 amide bonds. The molecular weight excluding hydrogens is 882 g/mol. The average molecular weight is 950 g/mol. The smallest absolute Gasteiger partial charge is 0.256 e. The summed E-state index contributed by atoms with van der Waals surface area (Å²) in [5.74, 6) is 1.78. The van der Waals surface area contributed by atoms with Crippen LogP contribution in [0.25, 0.3) is 55.6 Å². The van der Waals surface area contributed by atoms with Crippen molar-refractivity contribution in [2.45, 2.75) is 105 Å². The first kappa shape index (κ1) is 47.9. The van der Waals surface area contributed by atoms with E-state index in [4.69, 9.17) is 4.74 Å². The second-order valence-electron chi connectivity index (χ2n) is 24.7. The Kier molecular flexibility index (Phi) is 11.6. The maximum atomic E-state index is 7.36. The highest BCUT2D eigenvalue weighted by Crippen LogP contribution is 2.50. The summed E-state index contributed by atoms with van der Waals surface area (Å²) in [6.07, 6.45) is 0. The zero-order valence-electron chi connectivity index (χ0n) is 44.9. The quantitative estimate of drug-likeness (QED) is 0.154. The standard InChI is InChI=1S/C70H68BNO/c1-67(2,3)53-35-50(36-54(43-53)68(4,5)6)48-31-33-61-59(39-48)71-60-40-49(51-37-55(69(7,8)9)44-56(38-51)70(10,11)12)32-34-63(60)73-64-42-52(45-23-16-13-17-24-45)41-62(65(64)71)72(61)66-57(46-25-18-14-19-26-46)29-22-30-58(66)47-27-20-15-21-28-47/h13-44H,1-12H3.